The van der Waals surface area contributed by atoms with Crippen LogP contribution in [0.1, 0.15) is 18.4 Å². The summed E-state index contributed by atoms with van der Waals surface area (Å²) in [7, 11) is 0. The second kappa shape index (κ2) is 12.5. The van der Waals surface area contributed by atoms with Crippen LogP contribution < -0.4 is 20.9 Å². The summed E-state index contributed by atoms with van der Waals surface area (Å²) < 4.78 is 7.67. The van der Waals surface area contributed by atoms with Gasteiger partial charge in [0.05, 0.1) is 0 Å². The lowest BCUT2D eigenvalue weighted by Crippen LogP contribution is -2.29. The van der Waals surface area contributed by atoms with E-state index in [1.165, 1.54) is 15.0 Å². The number of rotatable bonds is 5. The fourth-order valence-electron chi connectivity index (χ4n) is 6.70. The highest BCUT2D eigenvalue weighted by Gasteiger charge is 2.19. The third-order valence-corrected chi connectivity index (χ3v) is 10.3. The van der Waals surface area contributed by atoms with Crippen LogP contribution in [0.25, 0.3) is 71.8 Å². The Labute approximate surface area is 284 Å². The largest absolute Gasteiger partial charge is 0.456 e. The van der Waals surface area contributed by atoms with Crippen LogP contribution in [-0.2, 0) is 0 Å². The van der Waals surface area contributed by atoms with Crippen LogP contribution in [0, 0.1) is 0 Å². The average molecular weight is 635 g/mol. The van der Waals surface area contributed by atoms with E-state index in [1.54, 1.807) is 11.3 Å². The zero-order chi connectivity index (χ0) is 32.6. The van der Waals surface area contributed by atoms with Crippen LogP contribution >= 0.6 is 11.3 Å². The third-order valence-electron chi connectivity index (χ3n) is 9.17. The molecule has 2 aromatic heterocycles. The molecular formula is C46H34OS. The van der Waals surface area contributed by atoms with Gasteiger partial charge in [0.25, 0.3) is 0 Å². The molecule has 2 heteroatoms. The molecule has 5 aromatic carbocycles. The molecule has 1 nitrogen and oxygen atoms in total. The van der Waals surface area contributed by atoms with Crippen molar-refractivity contribution >= 4 is 72.7 Å². The highest BCUT2D eigenvalue weighted by atomic mass is 32.1. The molecule has 0 unspecified atom stereocenters. The molecule has 0 fully saturated rings. The maximum atomic E-state index is 6.42. The molecule has 7 aromatic rings. The van der Waals surface area contributed by atoms with Crippen molar-refractivity contribution in [1.82, 2.24) is 0 Å². The van der Waals surface area contributed by atoms with E-state index in [0.29, 0.717) is 0 Å². The van der Waals surface area contributed by atoms with Crippen molar-refractivity contribution in [3.05, 3.63) is 185 Å². The molecule has 0 bridgehead atoms. The van der Waals surface area contributed by atoms with Crippen molar-refractivity contribution in [1.29, 1.82) is 0 Å². The molecule has 0 spiro atoms. The topological polar surface area (TPSA) is 13.1 Å². The molecule has 1 aliphatic carbocycles. The van der Waals surface area contributed by atoms with E-state index in [-0.39, 0.29) is 0 Å². The quantitative estimate of drug-likeness (QED) is 0.184. The Morgan fingerprint density at radius 1 is 0.667 bits per heavy atom. The molecule has 0 atom stereocenters. The lowest BCUT2D eigenvalue weighted by Gasteiger charge is -2.15. The monoisotopic (exact) mass is 634 g/mol. The molecule has 8 rings (SSSR count). The second-order valence-electron chi connectivity index (χ2n) is 12.2. The Kier molecular flexibility index (Phi) is 7.72. The average Bonchev–Trinajstić information content (AvgIpc) is 3.71. The van der Waals surface area contributed by atoms with Crippen LogP contribution in [0.4, 0.5) is 0 Å². The standard InChI is InChI=1S/C46H34OS/c1-30-16-8-9-17-33(30)26-31(2)35-19-6-4-5-7-20-36(38-22-12-11-21-37(35)38)32(3)40-28-41-39-23-13-14-24-43(39)47-44(41)29-42(40)46-27-34-18-10-15-25-45(34)48-46/h6-29H,1-5H2/b19-6+,20-7+,33-26-,37-35+,38-36+. The number of thiophene rings is 1. The van der Waals surface area contributed by atoms with Gasteiger partial charge in [-0.15, -0.1) is 11.3 Å². The zero-order valence-corrected chi connectivity index (χ0v) is 27.5. The minimum atomic E-state index is 0.880. The van der Waals surface area contributed by atoms with Gasteiger partial charge in [-0.1, -0.05) is 129 Å². The van der Waals surface area contributed by atoms with Gasteiger partial charge in [0.15, 0.2) is 0 Å². The SMILES string of the molecule is C=C(/C=c1/ccccc1=C)C1=c2\cccc\c2=C(C(=C)c2cc3c(cc2-c2cc4ccccc4s2)oc2ccccc23)\C=C\CC\C=C\1. The van der Waals surface area contributed by atoms with E-state index in [4.69, 9.17) is 11.0 Å². The van der Waals surface area contributed by atoms with Crippen LogP contribution in [0.3, 0.4) is 0 Å². The van der Waals surface area contributed by atoms with Crippen LogP contribution in [0.5, 0.6) is 0 Å². The summed E-state index contributed by atoms with van der Waals surface area (Å²) in [6.07, 6.45) is 13.0. The number of fused-ring (bicyclic) bond motifs is 5. The molecule has 0 amide bonds. The van der Waals surface area contributed by atoms with Crippen molar-refractivity contribution < 1.29 is 4.42 Å². The molecular weight excluding hydrogens is 601 g/mol. The number of allylic oxidation sites excluding steroid dienone is 6. The Bertz CT molecular complexity index is 2690. The summed E-state index contributed by atoms with van der Waals surface area (Å²) in [5.41, 5.74) is 8.09. The van der Waals surface area contributed by atoms with Crippen molar-refractivity contribution in [2.24, 2.45) is 0 Å². The highest BCUT2D eigenvalue weighted by Crippen LogP contribution is 2.42. The minimum Gasteiger partial charge on any atom is -0.456 e. The maximum Gasteiger partial charge on any atom is 0.136 e. The van der Waals surface area contributed by atoms with Gasteiger partial charge in [-0.25, -0.2) is 0 Å². The first-order chi connectivity index (χ1) is 23.5. The number of hydrogen-bond donors (Lipinski definition) is 0. The first kappa shape index (κ1) is 29.7. The molecule has 0 N–H and O–H groups in total. The predicted molar refractivity (Wildman–Crippen MR) is 208 cm³/mol. The summed E-state index contributed by atoms with van der Waals surface area (Å²) in [6, 6.07) is 40.5. The van der Waals surface area contributed by atoms with Gasteiger partial charge in [0.2, 0.25) is 0 Å². The van der Waals surface area contributed by atoms with Crippen molar-refractivity contribution in [3.63, 3.8) is 0 Å². The van der Waals surface area contributed by atoms with E-state index < -0.39 is 0 Å². The fraction of sp³-hybridized carbons (Fsp3) is 0.0435. The molecule has 0 saturated carbocycles. The minimum absolute atomic E-state index is 0.880. The summed E-state index contributed by atoms with van der Waals surface area (Å²) >= 11 is 1.81. The maximum absolute atomic E-state index is 6.42. The lowest BCUT2D eigenvalue weighted by molar-refractivity contribution is 0.669. The van der Waals surface area contributed by atoms with E-state index in [9.17, 15) is 0 Å². The Morgan fingerprint density at radius 2 is 1.35 bits per heavy atom. The van der Waals surface area contributed by atoms with E-state index in [0.717, 1.165) is 89.1 Å². The summed E-state index contributed by atoms with van der Waals surface area (Å²) in [5, 5.41) is 7.73. The van der Waals surface area contributed by atoms with Gasteiger partial charge in [0, 0.05) is 25.9 Å². The Balaban J connectivity index is 1.42. The molecule has 0 aliphatic heterocycles. The molecule has 48 heavy (non-hydrogen) atoms. The number of furan rings is 1. The molecule has 2 heterocycles. The fourth-order valence-corrected chi connectivity index (χ4v) is 7.79. The summed E-state index contributed by atoms with van der Waals surface area (Å²) in [4.78, 5) is 1.19. The van der Waals surface area contributed by atoms with E-state index in [1.807, 2.05) is 30.3 Å². The van der Waals surface area contributed by atoms with Crippen LogP contribution in [-0.4, -0.2) is 0 Å². The number of para-hydroxylation sites is 1. The number of hydrogen-bond acceptors (Lipinski definition) is 2. The predicted octanol–water partition coefficient (Wildman–Crippen LogP) is 9.84. The summed E-state index contributed by atoms with van der Waals surface area (Å²) in [6.45, 7) is 13.7. The van der Waals surface area contributed by atoms with Gasteiger partial charge in [0.1, 0.15) is 11.2 Å². The van der Waals surface area contributed by atoms with Crippen molar-refractivity contribution in [2.45, 2.75) is 12.8 Å². The normalized spacial score (nSPS) is 17.4. The molecule has 0 saturated heterocycles. The van der Waals surface area contributed by atoms with Crippen LogP contribution in [0.15, 0.2) is 163 Å². The third kappa shape index (κ3) is 5.41. The molecule has 0 radical (unpaired) electrons. The highest BCUT2D eigenvalue weighted by molar-refractivity contribution is 7.22. The van der Waals surface area contributed by atoms with Gasteiger partial charge in [-0.3, -0.25) is 0 Å². The first-order valence-electron chi connectivity index (χ1n) is 16.3. The van der Waals surface area contributed by atoms with E-state index >= 15 is 0 Å². The van der Waals surface area contributed by atoms with Crippen molar-refractivity contribution in [3.8, 4) is 10.4 Å². The van der Waals surface area contributed by atoms with E-state index in [2.05, 4.69) is 128 Å². The summed E-state index contributed by atoms with van der Waals surface area (Å²) in [5.74, 6) is 0. The number of benzene rings is 5. The first-order valence-corrected chi connectivity index (χ1v) is 17.1. The Hall–Kier alpha value is -5.70. The molecule has 1 aliphatic rings. The van der Waals surface area contributed by atoms with Gasteiger partial charge in [-0.05, 0) is 103 Å². The lowest BCUT2D eigenvalue weighted by atomic mass is 9.89. The second-order valence-corrected chi connectivity index (χ2v) is 13.3. The Morgan fingerprint density at radius 3 is 2.17 bits per heavy atom. The smallest absolute Gasteiger partial charge is 0.136 e. The molecule has 230 valence electrons. The zero-order valence-electron chi connectivity index (χ0n) is 26.7. The van der Waals surface area contributed by atoms with Gasteiger partial charge >= 0.3 is 0 Å². The van der Waals surface area contributed by atoms with Gasteiger partial charge < -0.3 is 4.42 Å². The van der Waals surface area contributed by atoms with Crippen molar-refractivity contribution in [2.75, 3.05) is 0 Å². The van der Waals surface area contributed by atoms with Crippen LogP contribution in [0.2, 0.25) is 0 Å². The van der Waals surface area contributed by atoms with Gasteiger partial charge in [-0.2, -0.15) is 0 Å².